The molecule has 18 heavy (non-hydrogen) atoms. The fraction of sp³-hybridized carbons (Fsp3) is 0. The van der Waals surface area contributed by atoms with Crippen molar-refractivity contribution in [2.24, 2.45) is 15.0 Å². The van der Waals surface area contributed by atoms with Crippen molar-refractivity contribution in [2.45, 2.75) is 0 Å². The molecule has 2 aromatic rings. The largest absolute Gasteiger partial charge is 0.284 e. The lowest BCUT2D eigenvalue weighted by atomic mass is 10.2. The SMILES string of the molecule is O=C1N=CN=C2N=c3nc4ccccc4nc3=C12. The Morgan fingerprint density at radius 2 is 1.78 bits per heavy atom. The van der Waals surface area contributed by atoms with E-state index in [1.165, 1.54) is 6.34 Å². The van der Waals surface area contributed by atoms with Gasteiger partial charge in [0.15, 0.2) is 11.3 Å². The number of para-hydroxylation sites is 2. The second kappa shape index (κ2) is 3.13. The van der Waals surface area contributed by atoms with Gasteiger partial charge in [-0.15, -0.1) is 0 Å². The smallest absolute Gasteiger partial charge is 0.266 e. The highest BCUT2D eigenvalue weighted by atomic mass is 16.1. The molecular weight excluding hydrogens is 230 g/mol. The second-order valence-corrected chi connectivity index (χ2v) is 3.87. The van der Waals surface area contributed by atoms with E-state index in [0.29, 0.717) is 22.2 Å². The van der Waals surface area contributed by atoms with Crippen molar-refractivity contribution in [1.29, 1.82) is 0 Å². The highest BCUT2D eigenvalue weighted by Crippen LogP contribution is 2.09. The number of amides is 1. The molecule has 0 N–H and O–H groups in total. The molecule has 1 amide bonds. The molecule has 3 heterocycles. The van der Waals surface area contributed by atoms with Crippen LogP contribution in [-0.2, 0) is 4.79 Å². The molecule has 6 heteroatoms. The Hall–Kier alpha value is -2.76. The lowest BCUT2D eigenvalue weighted by Gasteiger charge is -1.99. The van der Waals surface area contributed by atoms with Gasteiger partial charge in [0, 0.05) is 0 Å². The lowest BCUT2D eigenvalue weighted by Crippen LogP contribution is -2.32. The quantitative estimate of drug-likeness (QED) is 0.610. The average Bonchev–Trinajstić information content (AvgIpc) is 2.74. The standard InChI is InChI=1S/C12H5N5O/c18-12-8-9-11(17-10(8)13-5-14-12)16-7-4-2-1-3-6(7)15-9/h1-5H. The normalized spacial score (nSPS) is 16.3. The molecule has 0 radical (unpaired) electrons. The number of nitrogens with zero attached hydrogens (tertiary/aromatic N) is 5. The van der Waals surface area contributed by atoms with Crippen LogP contribution < -0.4 is 10.8 Å². The van der Waals surface area contributed by atoms with E-state index in [4.69, 9.17) is 0 Å². The van der Waals surface area contributed by atoms with Gasteiger partial charge in [-0.25, -0.2) is 20.0 Å². The minimum Gasteiger partial charge on any atom is -0.266 e. The monoisotopic (exact) mass is 235 g/mol. The third kappa shape index (κ3) is 1.11. The molecule has 0 fully saturated rings. The molecule has 1 aromatic heterocycles. The summed E-state index contributed by atoms with van der Waals surface area (Å²) < 4.78 is 0. The fourth-order valence-corrected chi connectivity index (χ4v) is 1.99. The summed E-state index contributed by atoms with van der Waals surface area (Å²) in [7, 11) is 0. The predicted octanol–water partition coefficient (Wildman–Crippen LogP) is -0.619. The van der Waals surface area contributed by atoms with E-state index in [1.807, 2.05) is 24.3 Å². The molecule has 0 saturated carbocycles. The number of hydrogen-bond donors (Lipinski definition) is 0. The molecule has 2 aliphatic heterocycles. The van der Waals surface area contributed by atoms with Gasteiger partial charge in [0.25, 0.3) is 5.91 Å². The van der Waals surface area contributed by atoms with E-state index in [1.54, 1.807) is 0 Å². The van der Waals surface area contributed by atoms with Crippen molar-refractivity contribution in [3.63, 3.8) is 0 Å². The average molecular weight is 235 g/mol. The fourth-order valence-electron chi connectivity index (χ4n) is 1.99. The van der Waals surface area contributed by atoms with Gasteiger partial charge >= 0.3 is 0 Å². The lowest BCUT2D eigenvalue weighted by molar-refractivity contribution is -0.112. The van der Waals surface area contributed by atoms with E-state index in [2.05, 4.69) is 24.9 Å². The minimum atomic E-state index is -0.368. The molecule has 2 aliphatic rings. The topological polar surface area (TPSA) is 79.9 Å². The number of aromatic nitrogens is 2. The van der Waals surface area contributed by atoms with Crippen LogP contribution in [0.5, 0.6) is 0 Å². The molecule has 1 aromatic carbocycles. The van der Waals surface area contributed by atoms with Gasteiger partial charge in [0.1, 0.15) is 17.3 Å². The molecular formula is C12H5N5O. The molecule has 0 bridgehead atoms. The Morgan fingerprint density at radius 3 is 2.61 bits per heavy atom. The molecule has 0 spiro atoms. The van der Waals surface area contributed by atoms with Crippen LogP contribution in [0.4, 0.5) is 0 Å². The third-order valence-electron chi connectivity index (χ3n) is 2.79. The summed E-state index contributed by atoms with van der Waals surface area (Å²) in [4.78, 5) is 32.3. The molecule has 0 atom stereocenters. The van der Waals surface area contributed by atoms with Crippen molar-refractivity contribution in [3.8, 4) is 0 Å². The first-order valence-electron chi connectivity index (χ1n) is 5.34. The first-order chi connectivity index (χ1) is 8.83. The van der Waals surface area contributed by atoms with E-state index >= 15 is 0 Å². The first-order valence-corrected chi connectivity index (χ1v) is 5.34. The van der Waals surface area contributed by atoms with E-state index < -0.39 is 0 Å². The molecule has 6 nitrogen and oxygen atoms in total. The van der Waals surface area contributed by atoms with Crippen LogP contribution in [0.1, 0.15) is 0 Å². The number of aliphatic imine (C=N–C) groups is 2. The summed E-state index contributed by atoms with van der Waals surface area (Å²) in [6.07, 6.45) is 1.20. The maximum atomic E-state index is 11.7. The number of benzene rings is 1. The zero-order valence-corrected chi connectivity index (χ0v) is 9.03. The summed E-state index contributed by atoms with van der Waals surface area (Å²) in [6, 6.07) is 7.44. The Morgan fingerprint density at radius 1 is 1.00 bits per heavy atom. The van der Waals surface area contributed by atoms with Crippen LogP contribution in [0.15, 0.2) is 39.2 Å². The maximum absolute atomic E-state index is 11.7. The van der Waals surface area contributed by atoms with Crippen LogP contribution in [-0.4, -0.2) is 28.0 Å². The van der Waals surface area contributed by atoms with Crippen molar-refractivity contribution >= 4 is 34.7 Å². The Bertz CT molecular complexity index is 894. The van der Waals surface area contributed by atoms with Crippen LogP contribution in [0.2, 0.25) is 0 Å². The van der Waals surface area contributed by atoms with Crippen LogP contribution in [0.25, 0.3) is 16.6 Å². The third-order valence-corrected chi connectivity index (χ3v) is 2.79. The number of fused-ring (bicyclic) bond motifs is 3. The van der Waals surface area contributed by atoms with Crippen LogP contribution in [0, 0.1) is 0 Å². The number of carbonyl (C=O) groups is 1. The second-order valence-electron chi connectivity index (χ2n) is 3.87. The highest BCUT2D eigenvalue weighted by Gasteiger charge is 2.25. The van der Waals surface area contributed by atoms with Gasteiger partial charge in [-0.2, -0.15) is 4.99 Å². The summed E-state index contributed by atoms with van der Waals surface area (Å²) in [5.41, 5.74) is 2.24. The number of amidine groups is 1. The van der Waals surface area contributed by atoms with Crippen molar-refractivity contribution in [1.82, 2.24) is 9.97 Å². The molecule has 4 rings (SSSR count). The van der Waals surface area contributed by atoms with Gasteiger partial charge in [0.2, 0.25) is 0 Å². The van der Waals surface area contributed by atoms with E-state index in [0.717, 1.165) is 11.0 Å². The number of hydrogen-bond acceptors (Lipinski definition) is 5. The number of carbonyl (C=O) groups excluding carboxylic acids is 1. The van der Waals surface area contributed by atoms with Crippen molar-refractivity contribution in [2.75, 3.05) is 0 Å². The molecule has 0 unspecified atom stereocenters. The molecule has 0 saturated heterocycles. The summed E-state index contributed by atoms with van der Waals surface area (Å²) >= 11 is 0. The van der Waals surface area contributed by atoms with Gasteiger partial charge in [-0.05, 0) is 12.1 Å². The van der Waals surface area contributed by atoms with Crippen molar-refractivity contribution in [3.05, 3.63) is 35.1 Å². The first kappa shape index (κ1) is 9.29. The van der Waals surface area contributed by atoms with Gasteiger partial charge in [-0.1, -0.05) is 12.1 Å². The van der Waals surface area contributed by atoms with Gasteiger partial charge in [-0.3, -0.25) is 4.79 Å². The predicted molar refractivity (Wildman–Crippen MR) is 64.7 cm³/mol. The van der Waals surface area contributed by atoms with E-state index in [-0.39, 0.29) is 5.91 Å². The Kier molecular flexibility index (Phi) is 1.62. The van der Waals surface area contributed by atoms with Gasteiger partial charge in [0.05, 0.1) is 11.0 Å². The highest BCUT2D eigenvalue weighted by molar-refractivity contribution is 6.45. The van der Waals surface area contributed by atoms with Crippen molar-refractivity contribution < 1.29 is 4.79 Å². The maximum Gasteiger partial charge on any atom is 0.284 e. The summed E-state index contributed by atoms with van der Waals surface area (Å²) in [5.74, 6) is -0.0209. The van der Waals surface area contributed by atoms with E-state index in [9.17, 15) is 4.79 Å². The summed E-state index contributed by atoms with van der Waals surface area (Å²) in [5, 5.41) is 0.467. The Balaban J connectivity index is 2.22. The number of rotatable bonds is 0. The molecule has 0 aliphatic carbocycles. The van der Waals surface area contributed by atoms with Crippen LogP contribution >= 0.6 is 0 Å². The minimum absolute atomic E-state index is 0.339. The molecule has 84 valence electrons. The Labute approximate surface area is 100 Å². The zero-order valence-electron chi connectivity index (χ0n) is 9.03. The zero-order chi connectivity index (χ0) is 12.1. The van der Waals surface area contributed by atoms with Gasteiger partial charge < -0.3 is 0 Å². The van der Waals surface area contributed by atoms with Crippen LogP contribution in [0.3, 0.4) is 0 Å². The summed E-state index contributed by atoms with van der Waals surface area (Å²) in [6.45, 7) is 0.